The van der Waals surface area contributed by atoms with Crippen molar-refractivity contribution < 1.29 is 15.1 Å². The number of rotatable bonds is 1. The van der Waals surface area contributed by atoms with Gasteiger partial charge in [-0.1, -0.05) is 35.0 Å². The maximum Gasteiger partial charge on any atom is 0.300 e. The van der Waals surface area contributed by atoms with E-state index in [0.717, 1.165) is 6.92 Å². The molecule has 14 heavy (non-hydrogen) atoms. The van der Waals surface area contributed by atoms with Crippen molar-refractivity contribution in [1.82, 2.24) is 0 Å². The third kappa shape index (κ3) is 6.02. The van der Waals surface area contributed by atoms with Crippen LogP contribution in [-0.4, -0.2) is 22.5 Å². The van der Waals surface area contributed by atoms with Crippen LogP contribution in [0.1, 0.15) is 12.5 Å². The molecule has 0 aliphatic heterocycles. The van der Waals surface area contributed by atoms with Crippen LogP contribution < -0.4 is 0 Å². The summed E-state index contributed by atoms with van der Waals surface area (Å²) in [7, 11) is 0. The Morgan fingerprint density at radius 1 is 1.50 bits per heavy atom. The number of oxime groups is 1. The number of carboxylic acid groups (broad SMARTS) is 1. The molecule has 76 valence electrons. The zero-order chi connectivity index (χ0) is 11.0. The van der Waals surface area contributed by atoms with Crippen molar-refractivity contribution in [3.05, 3.63) is 34.9 Å². The predicted octanol–water partition coefficient (Wildman–Crippen LogP) is 2.24. The lowest BCUT2D eigenvalue weighted by Crippen LogP contribution is -1.80. The smallest absolute Gasteiger partial charge is 0.300 e. The number of nitrogens with zero attached hydrogens (tertiary/aromatic N) is 1. The molecule has 0 radical (unpaired) electrons. The van der Waals surface area contributed by atoms with Gasteiger partial charge in [0, 0.05) is 17.5 Å². The Labute approximate surface area is 86.4 Å². The molecule has 0 saturated heterocycles. The van der Waals surface area contributed by atoms with Crippen LogP contribution in [-0.2, 0) is 4.79 Å². The van der Waals surface area contributed by atoms with Crippen molar-refractivity contribution in [3.63, 3.8) is 0 Å². The number of aliphatic carboxylic acids is 1. The summed E-state index contributed by atoms with van der Waals surface area (Å²) < 4.78 is 0. The second-order valence-electron chi connectivity index (χ2n) is 2.29. The Morgan fingerprint density at radius 3 is 2.43 bits per heavy atom. The molecule has 0 unspecified atom stereocenters. The van der Waals surface area contributed by atoms with Crippen molar-refractivity contribution in [2.45, 2.75) is 6.92 Å². The van der Waals surface area contributed by atoms with Crippen LogP contribution in [0.3, 0.4) is 0 Å². The van der Waals surface area contributed by atoms with E-state index < -0.39 is 5.97 Å². The largest absolute Gasteiger partial charge is 0.481 e. The molecule has 0 atom stereocenters. The number of benzene rings is 1. The van der Waals surface area contributed by atoms with Crippen molar-refractivity contribution in [3.8, 4) is 0 Å². The summed E-state index contributed by atoms with van der Waals surface area (Å²) in [5.74, 6) is -0.833. The maximum absolute atomic E-state index is 9.00. The first-order valence-electron chi connectivity index (χ1n) is 3.69. The van der Waals surface area contributed by atoms with E-state index in [-0.39, 0.29) is 0 Å². The molecule has 0 aromatic heterocycles. The first-order chi connectivity index (χ1) is 6.57. The monoisotopic (exact) mass is 215 g/mol. The normalized spacial score (nSPS) is 9.29. The van der Waals surface area contributed by atoms with E-state index in [1.54, 1.807) is 12.1 Å². The second kappa shape index (κ2) is 6.91. The van der Waals surface area contributed by atoms with E-state index in [1.807, 2.05) is 12.1 Å². The van der Waals surface area contributed by atoms with Gasteiger partial charge in [0.15, 0.2) is 0 Å². The molecule has 1 aromatic rings. The van der Waals surface area contributed by atoms with Gasteiger partial charge in [0.1, 0.15) is 0 Å². The average molecular weight is 216 g/mol. The second-order valence-corrected chi connectivity index (χ2v) is 2.69. The van der Waals surface area contributed by atoms with Gasteiger partial charge in [-0.2, -0.15) is 0 Å². The minimum atomic E-state index is -0.833. The summed E-state index contributed by atoms with van der Waals surface area (Å²) in [6.45, 7) is 1.08. The Hall–Kier alpha value is -1.55. The van der Waals surface area contributed by atoms with Crippen molar-refractivity contribution in [1.29, 1.82) is 0 Å². The first-order valence-corrected chi connectivity index (χ1v) is 4.07. The van der Waals surface area contributed by atoms with Crippen molar-refractivity contribution in [2.24, 2.45) is 5.16 Å². The zero-order valence-electron chi connectivity index (χ0n) is 7.51. The standard InChI is InChI=1S/C7H6ClNO.C2H4O2/c8-7-4-2-1-3-6(7)5-9-10;1-2(3)4/h1-5,10H;1H3,(H,3,4)/b9-5-;. The molecule has 0 bridgehead atoms. The summed E-state index contributed by atoms with van der Waals surface area (Å²) >= 11 is 5.70. The highest BCUT2D eigenvalue weighted by Gasteiger charge is 1.92. The summed E-state index contributed by atoms with van der Waals surface area (Å²) in [4.78, 5) is 9.00. The fraction of sp³-hybridized carbons (Fsp3) is 0.111. The van der Waals surface area contributed by atoms with Gasteiger partial charge in [0.25, 0.3) is 5.97 Å². The van der Waals surface area contributed by atoms with Gasteiger partial charge in [-0.05, 0) is 6.07 Å². The van der Waals surface area contributed by atoms with Crippen molar-refractivity contribution >= 4 is 23.8 Å². The lowest BCUT2D eigenvalue weighted by molar-refractivity contribution is -0.134. The van der Waals surface area contributed by atoms with E-state index in [1.165, 1.54) is 6.21 Å². The summed E-state index contributed by atoms with van der Waals surface area (Å²) in [5, 5.41) is 19.0. The van der Waals surface area contributed by atoms with E-state index in [2.05, 4.69) is 5.16 Å². The molecule has 0 aliphatic rings. The van der Waals surface area contributed by atoms with Gasteiger partial charge in [0.05, 0.1) is 6.21 Å². The van der Waals surface area contributed by atoms with Gasteiger partial charge in [-0.3, -0.25) is 4.79 Å². The van der Waals surface area contributed by atoms with E-state index in [4.69, 9.17) is 26.7 Å². The van der Waals surface area contributed by atoms with Gasteiger partial charge in [-0.15, -0.1) is 0 Å². The molecule has 0 spiro atoms. The van der Waals surface area contributed by atoms with Crippen LogP contribution in [0.4, 0.5) is 0 Å². The van der Waals surface area contributed by atoms with Gasteiger partial charge < -0.3 is 10.3 Å². The minimum absolute atomic E-state index is 0.584. The van der Waals surface area contributed by atoms with Gasteiger partial charge in [0.2, 0.25) is 0 Å². The molecule has 1 rings (SSSR count). The maximum atomic E-state index is 9.00. The first kappa shape index (κ1) is 12.5. The zero-order valence-corrected chi connectivity index (χ0v) is 8.27. The van der Waals surface area contributed by atoms with Crippen LogP contribution in [0.15, 0.2) is 29.4 Å². The number of carboxylic acids is 1. The molecule has 0 aliphatic carbocycles. The van der Waals surface area contributed by atoms with Crippen LogP contribution in [0.2, 0.25) is 5.02 Å². The highest BCUT2D eigenvalue weighted by atomic mass is 35.5. The molecule has 0 saturated carbocycles. The topological polar surface area (TPSA) is 69.9 Å². The predicted molar refractivity (Wildman–Crippen MR) is 54.1 cm³/mol. The molecule has 1 aromatic carbocycles. The SMILES string of the molecule is CC(=O)O.O/N=C\c1ccccc1Cl. The summed E-state index contributed by atoms with van der Waals surface area (Å²) in [6, 6.07) is 7.14. The third-order valence-electron chi connectivity index (χ3n) is 1.10. The Balaban J connectivity index is 0.000000364. The molecular weight excluding hydrogens is 206 g/mol. The summed E-state index contributed by atoms with van der Waals surface area (Å²) in [6.07, 6.45) is 1.29. The fourth-order valence-electron chi connectivity index (χ4n) is 0.642. The van der Waals surface area contributed by atoms with Crippen LogP contribution in [0, 0.1) is 0 Å². The molecule has 0 fully saturated rings. The number of halogens is 1. The Morgan fingerprint density at radius 2 is 2.00 bits per heavy atom. The van der Waals surface area contributed by atoms with E-state index in [9.17, 15) is 0 Å². The lowest BCUT2D eigenvalue weighted by Gasteiger charge is -1.92. The number of hydrogen-bond acceptors (Lipinski definition) is 3. The van der Waals surface area contributed by atoms with Crippen LogP contribution >= 0.6 is 11.6 Å². The molecular formula is C9H10ClNO3. The number of carbonyl (C=O) groups is 1. The quantitative estimate of drug-likeness (QED) is 0.429. The van der Waals surface area contributed by atoms with E-state index in [0.29, 0.717) is 10.6 Å². The molecule has 4 nitrogen and oxygen atoms in total. The van der Waals surface area contributed by atoms with Gasteiger partial charge in [-0.25, -0.2) is 0 Å². The lowest BCUT2D eigenvalue weighted by atomic mass is 10.2. The number of hydrogen-bond donors (Lipinski definition) is 2. The molecule has 5 heteroatoms. The fourth-order valence-corrected chi connectivity index (χ4v) is 0.827. The Kier molecular flexibility index (Phi) is 6.15. The average Bonchev–Trinajstić information content (AvgIpc) is 2.08. The third-order valence-corrected chi connectivity index (χ3v) is 1.45. The Bertz CT molecular complexity index is 322. The minimum Gasteiger partial charge on any atom is -0.481 e. The molecule has 2 N–H and O–H groups in total. The highest BCUT2D eigenvalue weighted by molar-refractivity contribution is 6.33. The molecule has 0 heterocycles. The highest BCUT2D eigenvalue weighted by Crippen LogP contribution is 2.11. The van der Waals surface area contributed by atoms with Crippen LogP contribution in [0.5, 0.6) is 0 Å². The molecule has 0 amide bonds. The summed E-state index contributed by atoms with van der Waals surface area (Å²) in [5.41, 5.74) is 0.715. The van der Waals surface area contributed by atoms with Crippen molar-refractivity contribution in [2.75, 3.05) is 0 Å². The van der Waals surface area contributed by atoms with Gasteiger partial charge >= 0.3 is 0 Å². The van der Waals surface area contributed by atoms with Crippen LogP contribution in [0.25, 0.3) is 0 Å². The van der Waals surface area contributed by atoms with E-state index >= 15 is 0 Å².